The van der Waals surface area contributed by atoms with Crippen LogP contribution in [0.3, 0.4) is 0 Å². The predicted octanol–water partition coefficient (Wildman–Crippen LogP) is 5.00. The van der Waals surface area contributed by atoms with Crippen molar-refractivity contribution < 1.29 is 4.39 Å². The van der Waals surface area contributed by atoms with Crippen molar-refractivity contribution >= 4 is 11.6 Å². The summed E-state index contributed by atoms with van der Waals surface area (Å²) in [6, 6.07) is 14.2. The summed E-state index contributed by atoms with van der Waals surface area (Å²) < 4.78 is 15.5. The zero-order chi connectivity index (χ0) is 18.0. The number of hydrogen-bond donors (Lipinski definition) is 0. The quantitative estimate of drug-likeness (QED) is 0.634. The van der Waals surface area contributed by atoms with Gasteiger partial charge in [0.25, 0.3) is 0 Å². The van der Waals surface area contributed by atoms with E-state index in [1.807, 2.05) is 39.0 Å². The smallest absolute Gasteiger partial charge is 0.137 e. The van der Waals surface area contributed by atoms with Crippen molar-refractivity contribution in [2.24, 2.45) is 0 Å². The lowest BCUT2D eigenvalue weighted by molar-refractivity contribution is 0.627. The van der Waals surface area contributed by atoms with Crippen LogP contribution in [-0.2, 0) is 0 Å². The maximum Gasteiger partial charge on any atom is 0.137 e. The number of aromatic nitrogens is 2. The van der Waals surface area contributed by atoms with Crippen LogP contribution < -0.4 is 0 Å². The molecule has 0 amide bonds. The first kappa shape index (κ1) is 16.7. The fourth-order valence-corrected chi connectivity index (χ4v) is 2.92. The van der Waals surface area contributed by atoms with E-state index in [4.69, 9.17) is 0 Å². The minimum absolute atomic E-state index is 0.354. The van der Waals surface area contributed by atoms with Gasteiger partial charge in [-0.15, -0.1) is 0 Å². The number of rotatable bonds is 3. The van der Waals surface area contributed by atoms with Gasteiger partial charge in [-0.25, -0.2) is 9.37 Å². The molecule has 0 saturated heterocycles. The van der Waals surface area contributed by atoms with E-state index in [0.29, 0.717) is 11.1 Å². The Morgan fingerprint density at radius 1 is 1.16 bits per heavy atom. The van der Waals surface area contributed by atoms with Crippen molar-refractivity contribution in [1.29, 1.82) is 5.26 Å². The van der Waals surface area contributed by atoms with Gasteiger partial charge < -0.3 is 4.57 Å². The number of nitriles is 1. The highest BCUT2D eigenvalue weighted by molar-refractivity contribution is 5.90. The van der Waals surface area contributed by atoms with Gasteiger partial charge in [0.1, 0.15) is 11.6 Å². The van der Waals surface area contributed by atoms with Crippen LogP contribution in [0, 0.1) is 37.9 Å². The lowest BCUT2D eigenvalue weighted by Crippen LogP contribution is -2.01. The molecule has 3 rings (SSSR count). The Kier molecular flexibility index (Phi) is 4.49. The maximum atomic E-state index is 13.5. The van der Waals surface area contributed by atoms with Crippen LogP contribution >= 0.6 is 0 Å². The summed E-state index contributed by atoms with van der Waals surface area (Å²) in [5.41, 5.74) is 5.06. The van der Waals surface area contributed by atoms with Gasteiger partial charge in [0.05, 0.1) is 11.6 Å². The molecular weight excluding hydrogens is 313 g/mol. The lowest BCUT2D eigenvalue weighted by Gasteiger charge is -2.09. The Morgan fingerprint density at radius 2 is 1.96 bits per heavy atom. The molecule has 1 aromatic carbocycles. The topological polar surface area (TPSA) is 41.6 Å². The number of nitrogens with zero attached hydrogens (tertiary/aromatic N) is 3. The lowest BCUT2D eigenvalue weighted by atomic mass is 10.0. The Labute approximate surface area is 146 Å². The third kappa shape index (κ3) is 3.36. The Balaban J connectivity index is 2.10. The molecule has 0 aliphatic rings. The molecule has 0 aliphatic carbocycles. The summed E-state index contributed by atoms with van der Waals surface area (Å²) in [5.74, 6) is 0.493. The summed E-state index contributed by atoms with van der Waals surface area (Å²) in [4.78, 5) is 4.44. The molecule has 0 bridgehead atoms. The van der Waals surface area contributed by atoms with Crippen molar-refractivity contribution in [3.8, 4) is 11.9 Å². The molecule has 0 N–H and O–H groups in total. The number of hydrogen-bond acceptors (Lipinski definition) is 2. The molecule has 124 valence electrons. The molecule has 0 radical (unpaired) electrons. The molecule has 0 saturated carbocycles. The molecule has 0 aliphatic heterocycles. The molecular formula is C21H18FN3. The van der Waals surface area contributed by atoms with Gasteiger partial charge in [0, 0.05) is 17.6 Å². The largest absolute Gasteiger partial charge is 0.303 e. The first-order valence-corrected chi connectivity index (χ1v) is 7.99. The van der Waals surface area contributed by atoms with Crippen LogP contribution in [0.15, 0.2) is 48.7 Å². The molecule has 4 heteroatoms. The van der Waals surface area contributed by atoms with Crippen molar-refractivity contribution in [3.05, 3.63) is 82.6 Å². The van der Waals surface area contributed by atoms with Gasteiger partial charge in [-0.1, -0.05) is 12.1 Å². The minimum Gasteiger partial charge on any atom is -0.303 e. The van der Waals surface area contributed by atoms with Gasteiger partial charge in [-0.2, -0.15) is 5.26 Å². The first-order valence-electron chi connectivity index (χ1n) is 7.99. The van der Waals surface area contributed by atoms with Crippen LogP contribution in [-0.4, -0.2) is 9.55 Å². The third-order valence-electron chi connectivity index (χ3n) is 4.16. The van der Waals surface area contributed by atoms with E-state index in [0.717, 1.165) is 28.3 Å². The van der Waals surface area contributed by atoms with E-state index in [1.54, 1.807) is 24.4 Å². The second-order valence-electron chi connectivity index (χ2n) is 6.03. The average molecular weight is 331 g/mol. The highest BCUT2D eigenvalue weighted by Gasteiger charge is 2.12. The van der Waals surface area contributed by atoms with Crippen molar-refractivity contribution in [2.45, 2.75) is 20.8 Å². The molecule has 0 unspecified atom stereocenters. The molecule has 3 aromatic rings. The number of aryl methyl sites for hydroxylation is 2. The van der Waals surface area contributed by atoms with Crippen molar-refractivity contribution in [1.82, 2.24) is 9.55 Å². The zero-order valence-electron chi connectivity index (χ0n) is 14.4. The van der Waals surface area contributed by atoms with Crippen molar-refractivity contribution in [2.75, 3.05) is 0 Å². The molecule has 0 atom stereocenters. The average Bonchev–Trinajstić information content (AvgIpc) is 2.86. The molecule has 2 aromatic heterocycles. The van der Waals surface area contributed by atoms with Crippen LogP contribution in [0.1, 0.15) is 28.1 Å². The first-order chi connectivity index (χ1) is 12.0. The van der Waals surface area contributed by atoms with Crippen LogP contribution in [0.2, 0.25) is 0 Å². The third-order valence-corrected chi connectivity index (χ3v) is 4.16. The molecule has 0 fully saturated rings. The van der Waals surface area contributed by atoms with Gasteiger partial charge in [-0.05, 0) is 73.9 Å². The predicted molar refractivity (Wildman–Crippen MR) is 97.7 cm³/mol. The van der Waals surface area contributed by atoms with E-state index in [2.05, 4.69) is 15.6 Å². The second kappa shape index (κ2) is 6.74. The summed E-state index contributed by atoms with van der Waals surface area (Å²) in [5, 5.41) is 9.49. The van der Waals surface area contributed by atoms with Gasteiger partial charge >= 0.3 is 0 Å². The normalized spacial score (nSPS) is 11.4. The number of allylic oxidation sites excluding steroid dienone is 1. The van der Waals surface area contributed by atoms with Crippen LogP contribution in [0.25, 0.3) is 17.5 Å². The molecule has 3 nitrogen and oxygen atoms in total. The van der Waals surface area contributed by atoms with E-state index in [9.17, 15) is 9.65 Å². The van der Waals surface area contributed by atoms with Crippen LogP contribution in [0.5, 0.6) is 0 Å². The second-order valence-corrected chi connectivity index (χ2v) is 6.03. The van der Waals surface area contributed by atoms with Crippen molar-refractivity contribution in [3.63, 3.8) is 0 Å². The highest BCUT2D eigenvalue weighted by atomic mass is 19.1. The Bertz CT molecular complexity index is 1010. The minimum atomic E-state index is -0.354. The summed E-state index contributed by atoms with van der Waals surface area (Å²) in [7, 11) is 0. The fraction of sp³-hybridized carbons (Fsp3) is 0.143. The Hall–Kier alpha value is -3.19. The summed E-state index contributed by atoms with van der Waals surface area (Å²) in [6.45, 7) is 6.02. The highest BCUT2D eigenvalue weighted by Crippen LogP contribution is 2.25. The fourth-order valence-electron chi connectivity index (χ4n) is 2.92. The monoisotopic (exact) mass is 331 g/mol. The maximum absolute atomic E-state index is 13.5. The summed E-state index contributed by atoms with van der Waals surface area (Å²) >= 11 is 0. The molecule has 25 heavy (non-hydrogen) atoms. The molecule has 2 heterocycles. The number of benzene rings is 1. The van der Waals surface area contributed by atoms with E-state index in [1.165, 1.54) is 12.1 Å². The van der Waals surface area contributed by atoms with Gasteiger partial charge in [-0.3, -0.25) is 0 Å². The van der Waals surface area contributed by atoms with E-state index >= 15 is 0 Å². The molecule has 0 spiro atoms. The Morgan fingerprint density at radius 3 is 2.64 bits per heavy atom. The number of halogens is 1. The van der Waals surface area contributed by atoms with Crippen LogP contribution in [0.4, 0.5) is 4.39 Å². The van der Waals surface area contributed by atoms with Gasteiger partial charge in [0.15, 0.2) is 0 Å². The number of pyridine rings is 1. The zero-order valence-corrected chi connectivity index (χ0v) is 14.4. The standard InChI is InChI=1S/C21H18FN3/c1-14-7-8-24-21(9-14)25-15(2)10-18(16(25)3)11-19(13-23)17-5-4-6-20(22)12-17/h4-12H,1-3H3/b19-11+. The SMILES string of the molecule is Cc1ccnc(-n2c(C)cc(/C=C(\C#N)c3cccc(F)c3)c2C)c1. The summed E-state index contributed by atoms with van der Waals surface area (Å²) in [6.07, 6.45) is 3.58. The van der Waals surface area contributed by atoms with Gasteiger partial charge in [0.2, 0.25) is 0 Å². The van der Waals surface area contributed by atoms with E-state index in [-0.39, 0.29) is 5.82 Å². The van der Waals surface area contributed by atoms with E-state index < -0.39 is 0 Å².